The fraction of sp³-hybridized carbons (Fsp3) is 0.579. The van der Waals surface area contributed by atoms with Gasteiger partial charge in [0.25, 0.3) is 0 Å². The summed E-state index contributed by atoms with van der Waals surface area (Å²) in [5.74, 6) is 1.55. The van der Waals surface area contributed by atoms with E-state index in [9.17, 15) is 5.11 Å². The smallest absolute Gasteiger partial charge is 0.155 e. The molecule has 0 amide bonds. The number of benzene rings is 1. The predicted octanol–water partition coefficient (Wildman–Crippen LogP) is 4.32. The van der Waals surface area contributed by atoms with E-state index < -0.39 is 6.29 Å². The molecule has 1 aromatic carbocycles. The maximum absolute atomic E-state index is 9.74. The highest BCUT2D eigenvalue weighted by molar-refractivity contribution is 8.00. The Labute approximate surface area is 149 Å². The first kappa shape index (κ1) is 18.5. The van der Waals surface area contributed by atoms with E-state index in [1.807, 2.05) is 0 Å². The van der Waals surface area contributed by atoms with Crippen LogP contribution in [0.15, 0.2) is 42.5 Å². The summed E-state index contributed by atoms with van der Waals surface area (Å²) >= 11 is 0. The van der Waals surface area contributed by atoms with Crippen LogP contribution < -0.4 is 0 Å². The number of aliphatic hydroxyl groups is 1. The molecule has 5 heteroatoms. The van der Waals surface area contributed by atoms with Crippen LogP contribution in [0.2, 0.25) is 0 Å². The van der Waals surface area contributed by atoms with Gasteiger partial charge in [-0.15, -0.1) is 0 Å². The van der Waals surface area contributed by atoms with Crippen molar-refractivity contribution in [1.29, 1.82) is 0 Å². The van der Waals surface area contributed by atoms with Crippen molar-refractivity contribution in [2.45, 2.75) is 51.1 Å². The van der Waals surface area contributed by atoms with E-state index in [4.69, 9.17) is 9.26 Å². The van der Waals surface area contributed by atoms with Gasteiger partial charge in [0, 0.05) is 14.9 Å². The SMILES string of the molecule is C[C@@H]1C[C@@H]2OC(O)C[C@@H]2[C@H]1/C=C/[C@H](CCc1ccccc1)OPP. The molecule has 132 valence electrons. The molecule has 0 aromatic heterocycles. The summed E-state index contributed by atoms with van der Waals surface area (Å²) in [7, 11) is 3.09. The van der Waals surface area contributed by atoms with Gasteiger partial charge in [0.05, 0.1) is 12.2 Å². The predicted molar refractivity (Wildman–Crippen MR) is 103 cm³/mol. The summed E-state index contributed by atoms with van der Waals surface area (Å²) in [6, 6.07) is 10.6. The van der Waals surface area contributed by atoms with Crippen LogP contribution in [0.5, 0.6) is 0 Å². The van der Waals surface area contributed by atoms with E-state index in [0.717, 1.165) is 25.7 Å². The summed E-state index contributed by atoms with van der Waals surface area (Å²) in [5.41, 5.74) is 1.35. The van der Waals surface area contributed by atoms with Gasteiger partial charge < -0.3 is 14.4 Å². The van der Waals surface area contributed by atoms with E-state index in [2.05, 4.69) is 58.3 Å². The number of hydrogen-bond donors (Lipinski definition) is 1. The Morgan fingerprint density at radius 3 is 2.92 bits per heavy atom. The second kappa shape index (κ2) is 8.88. The quantitative estimate of drug-likeness (QED) is 0.577. The van der Waals surface area contributed by atoms with E-state index >= 15 is 0 Å². The van der Waals surface area contributed by atoms with Gasteiger partial charge in [0.1, 0.15) is 0 Å². The van der Waals surface area contributed by atoms with Crippen LogP contribution in [0.1, 0.15) is 31.7 Å². The zero-order chi connectivity index (χ0) is 16.9. The molecule has 3 nitrogen and oxygen atoms in total. The molecule has 1 saturated carbocycles. The fourth-order valence-electron chi connectivity index (χ4n) is 4.14. The van der Waals surface area contributed by atoms with Crippen LogP contribution in [0.3, 0.4) is 0 Å². The van der Waals surface area contributed by atoms with E-state index in [0.29, 0.717) is 26.2 Å². The average molecular weight is 366 g/mol. The lowest BCUT2D eigenvalue weighted by molar-refractivity contribution is -0.0922. The van der Waals surface area contributed by atoms with E-state index in [1.165, 1.54) is 5.56 Å². The summed E-state index contributed by atoms with van der Waals surface area (Å²) in [6.45, 7) is 2.29. The summed E-state index contributed by atoms with van der Waals surface area (Å²) in [6.07, 6.45) is 8.24. The maximum Gasteiger partial charge on any atom is 0.155 e. The normalized spacial score (nSPS) is 34.4. The van der Waals surface area contributed by atoms with Gasteiger partial charge in [-0.3, -0.25) is 0 Å². The molecule has 2 fully saturated rings. The highest BCUT2D eigenvalue weighted by Crippen LogP contribution is 2.46. The van der Waals surface area contributed by atoms with Crippen molar-refractivity contribution >= 4 is 17.4 Å². The van der Waals surface area contributed by atoms with Crippen LogP contribution in [0.25, 0.3) is 0 Å². The molecule has 3 unspecified atom stereocenters. The Morgan fingerprint density at radius 1 is 1.38 bits per heavy atom. The zero-order valence-corrected chi connectivity index (χ0v) is 16.3. The third-order valence-corrected chi connectivity index (χ3v) is 6.21. The van der Waals surface area contributed by atoms with Crippen molar-refractivity contribution in [2.24, 2.45) is 17.8 Å². The summed E-state index contributed by atoms with van der Waals surface area (Å²) < 4.78 is 11.5. The third-order valence-electron chi connectivity index (χ3n) is 5.37. The molecular weight excluding hydrogens is 338 g/mol. The Balaban J connectivity index is 1.59. The minimum Gasteiger partial charge on any atom is -0.368 e. The van der Waals surface area contributed by atoms with Crippen LogP contribution in [0, 0.1) is 17.8 Å². The first-order chi connectivity index (χ1) is 11.7. The highest BCUT2D eigenvalue weighted by atomic mass is 32.0. The number of ether oxygens (including phenoxy) is 1. The summed E-state index contributed by atoms with van der Waals surface area (Å²) in [4.78, 5) is 0. The Hall–Kier alpha value is -0.300. The van der Waals surface area contributed by atoms with Crippen molar-refractivity contribution < 1.29 is 14.4 Å². The van der Waals surface area contributed by atoms with Gasteiger partial charge in [-0.1, -0.05) is 58.3 Å². The van der Waals surface area contributed by atoms with E-state index in [1.54, 1.807) is 0 Å². The van der Waals surface area contributed by atoms with Gasteiger partial charge in [0.2, 0.25) is 0 Å². The molecule has 2 aliphatic rings. The molecule has 0 bridgehead atoms. The molecule has 0 radical (unpaired) electrons. The molecule has 8 atom stereocenters. The maximum atomic E-state index is 9.74. The number of fused-ring (bicyclic) bond motifs is 1. The van der Waals surface area contributed by atoms with Crippen molar-refractivity contribution in [2.75, 3.05) is 0 Å². The fourth-order valence-corrected chi connectivity index (χ4v) is 5.04. The Bertz CT molecular complexity index is 537. The topological polar surface area (TPSA) is 38.7 Å². The molecule has 1 N–H and O–H groups in total. The first-order valence-electron chi connectivity index (χ1n) is 8.84. The van der Waals surface area contributed by atoms with Gasteiger partial charge >= 0.3 is 0 Å². The molecule has 1 saturated heterocycles. The van der Waals surface area contributed by atoms with Crippen molar-refractivity contribution in [3.63, 3.8) is 0 Å². The monoisotopic (exact) mass is 366 g/mol. The second-order valence-electron chi connectivity index (χ2n) is 7.00. The molecule has 1 aromatic rings. The minimum atomic E-state index is -0.568. The van der Waals surface area contributed by atoms with Crippen molar-refractivity contribution in [3.05, 3.63) is 48.0 Å². The van der Waals surface area contributed by atoms with Crippen LogP contribution in [-0.4, -0.2) is 23.6 Å². The molecule has 1 aliphatic carbocycles. The molecule has 3 rings (SSSR count). The number of allylic oxidation sites excluding steroid dienone is 1. The second-order valence-corrected chi connectivity index (χ2v) is 8.18. The number of hydrogen-bond acceptors (Lipinski definition) is 3. The molecular formula is C19H28O3P2. The van der Waals surface area contributed by atoms with Crippen LogP contribution >= 0.6 is 17.4 Å². The average Bonchev–Trinajstić information content (AvgIpc) is 3.06. The van der Waals surface area contributed by atoms with Crippen LogP contribution in [0.4, 0.5) is 0 Å². The van der Waals surface area contributed by atoms with Gasteiger partial charge in [-0.05, 0) is 42.6 Å². The summed E-state index contributed by atoms with van der Waals surface area (Å²) in [5, 5.41) is 9.74. The molecule has 1 heterocycles. The number of aryl methyl sites for hydroxylation is 1. The van der Waals surface area contributed by atoms with Gasteiger partial charge in [-0.25, -0.2) is 0 Å². The third kappa shape index (κ3) is 4.65. The molecule has 1 aliphatic heterocycles. The number of rotatable bonds is 7. The van der Waals surface area contributed by atoms with Crippen molar-refractivity contribution in [3.8, 4) is 0 Å². The zero-order valence-electron chi connectivity index (χ0n) is 14.2. The lowest BCUT2D eigenvalue weighted by Crippen LogP contribution is -2.15. The first-order valence-corrected chi connectivity index (χ1v) is 11.6. The lowest BCUT2D eigenvalue weighted by atomic mass is 9.87. The highest BCUT2D eigenvalue weighted by Gasteiger charge is 2.46. The Morgan fingerprint density at radius 2 is 2.17 bits per heavy atom. The number of aliphatic hydroxyl groups excluding tert-OH is 1. The molecule has 24 heavy (non-hydrogen) atoms. The van der Waals surface area contributed by atoms with Gasteiger partial charge in [-0.2, -0.15) is 0 Å². The Kier molecular flexibility index (Phi) is 6.84. The lowest BCUT2D eigenvalue weighted by Gasteiger charge is -2.19. The van der Waals surface area contributed by atoms with Crippen LogP contribution in [-0.2, 0) is 15.7 Å². The largest absolute Gasteiger partial charge is 0.368 e. The van der Waals surface area contributed by atoms with Crippen molar-refractivity contribution in [1.82, 2.24) is 0 Å². The molecule has 0 spiro atoms. The van der Waals surface area contributed by atoms with Gasteiger partial charge in [0.15, 0.2) is 6.29 Å². The standard InChI is InChI=1S/C19H28O3P2/c1-13-11-18-17(12-19(20)21-18)16(13)10-9-15(22-24-23)8-7-14-5-3-2-4-6-14/h2-6,9-10,13,15-20,24H,7-8,11-12,23H2,1H3/b10-9+/t13-,15+,16+,17-,18+,19?/m1/s1. The minimum absolute atomic E-state index is 0.152. The van der Waals surface area contributed by atoms with E-state index in [-0.39, 0.29) is 12.2 Å².